The minimum absolute atomic E-state index is 0.0427. The third kappa shape index (κ3) is 7.47. The number of nitrogens with zero attached hydrogens (tertiary/aromatic N) is 7. The summed E-state index contributed by atoms with van der Waals surface area (Å²) in [6, 6.07) is 0.593. The maximum absolute atomic E-state index is 13.5. The SMILES string of the molecule is Cc1cc(SCC2=C(C(=O)O)N3C(=O)[C@@H](NC(=O)C(=NOC(C)(C)C(=O)OC(C)(C)C)c4csc(N)n4)[C@H]3SC2)n2nc(C(N)=O)nc2n1. The van der Waals surface area contributed by atoms with E-state index in [0.717, 1.165) is 16.2 Å². The van der Waals surface area contributed by atoms with E-state index < -0.39 is 52.3 Å². The number of nitrogen functional groups attached to an aromatic ring is 1. The molecule has 0 aliphatic carbocycles. The Morgan fingerprint density at radius 1 is 1.18 bits per heavy atom. The van der Waals surface area contributed by atoms with Crippen molar-refractivity contribution in [2.45, 2.75) is 69.2 Å². The van der Waals surface area contributed by atoms with Gasteiger partial charge in [-0.1, -0.05) is 5.16 Å². The van der Waals surface area contributed by atoms with Crippen LogP contribution in [0.1, 0.15) is 56.6 Å². The minimum atomic E-state index is -1.60. The molecule has 0 aromatic carbocycles. The zero-order valence-corrected chi connectivity index (χ0v) is 29.5. The van der Waals surface area contributed by atoms with Crippen LogP contribution in [-0.4, -0.2) is 104 Å². The monoisotopic (exact) mass is 732 g/mol. The number of β-lactam (4-membered cyclic amide) rings is 1. The van der Waals surface area contributed by atoms with Gasteiger partial charge in [0.2, 0.25) is 11.4 Å². The number of fused-ring (bicyclic) bond motifs is 2. The average molecular weight is 733 g/mol. The number of hydrogen-bond donors (Lipinski definition) is 4. The lowest BCUT2D eigenvalue weighted by molar-refractivity contribution is -0.179. The van der Waals surface area contributed by atoms with Crippen LogP contribution < -0.4 is 16.8 Å². The number of nitrogens with one attached hydrogen (secondary N) is 1. The fourth-order valence-electron chi connectivity index (χ4n) is 4.53. The molecule has 0 unspecified atom stereocenters. The molecule has 3 amide bonds. The first-order valence-corrected chi connectivity index (χ1v) is 17.4. The summed E-state index contributed by atoms with van der Waals surface area (Å²) >= 11 is 3.52. The summed E-state index contributed by atoms with van der Waals surface area (Å²) in [5.41, 5.74) is 9.22. The van der Waals surface area contributed by atoms with Crippen molar-refractivity contribution in [2.24, 2.45) is 10.9 Å². The highest BCUT2D eigenvalue weighted by atomic mass is 32.2. The van der Waals surface area contributed by atoms with Gasteiger partial charge in [0.1, 0.15) is 33.4 Å². The van der Waals surface area contributed by atoms with Gasteiger partial charge in [-0.15, -0.1) is 40.0 Å². The van der Waals surface area contributed by atoms with Gasteiger partial charge < -0.3 is 31.5 Å². The number of hydrogen-bond acceptors (Lipinski definition) is 16. The maximum atomic E-state index is 13.5. The number of aryl methyl sites for hydroxylation is 1. The summed E-state index contributed by atoms with van der Waals surface area (Å²) in [6.07, 6.45) is 0. The molecule has 0 saturated carbocycles. The molecule has 21 heteroatoms. The van der Waals surface area contributed by atoms with Crippen LogP contribution in [0.15, 0.2) is 32.9 Å². The Bertz CT molecular complexity index is 1950. The number of carboxylic acids is 1. The van der Waals surface area contributed by atoms with Gasteiger partial charge in [0.05, 0.1) is 0 Å². The van der Waals surface area contributed by atoms with Crippen LogP contribution in [-0.2, 0) is 28.8 Å². The number of oxime groups is 1. The number of nitrogens with two attached hydrogens (primary N) is 2. The van der Waals surface area contributed by atoms with Crippen molar-refractivity contribution in [1.82, 2.24) is 34.8 Å². The first kappa shape index (κ1) is 35.5. The average Bonchev–Trinajstić information content (AvgIpc) is 3.63. The number of carbonyl (C=O) groups is 5. The van der Waals surface area contributed by atoms with E-state index in [2.05, 4.69) is 30.5 Å². The Labute approximate surface area is 291 Å². The van der Waals surface area contributed by atoms with Crippen molar-refractivity contribution in [1.29, 1.82) is 0 Å². The van der Waals surface area contributed by atoms with Gasteiger partial charge in [0, 0.05) is 22.6 Å². The van der Waals surface area contributed by atoms with Crippen molar-refractivity contribution < 1.29 is 38.7 Å². The number of amides is 3. The molecule has 0 spiro atoms. The van der Waals surface area contributed by atoms with Crippen molar-refractivity contribution in [3.63, 3.8) is 0 Å². The van der Waals surface area contributed by atoms with Crippen LogP contribution in [0.25, 0.3) is 5.78 Å². The van der Waals surface area contributed by atoms with Crippen LogP contribution >= 0.6 is 34.9 Å². The van der Waals surface area contributed by atoms with E-state index in [1.807, 2.05) is 0 Å². The predicted octanol–water partition coefficient (Wildman–Crippen LogP) is 0.942. The second-order valence-corrected chi connectivity index (χ2v) is 15.3. The number of rotatable bonds is 11. The van der Waals surface area contributed by atoms with Crippen LogP contribution in [0.5, 0.6) is 0 Å². The molecule has 2 atom stereocenters. The smallest absolute Gasteiger partial charge is 0.353 e. The van der Waals surface area contributed by atoms with E-state index >= 15 is 0 Å². The summed E-state index contributed by atoms with van der Waals surface area (Å²) in [4.78, 5) is 82.7. The van der Waals surface area contributed by atoms with Gasteiger partial charge in [0.15, 0.2) is 10.8 Å². The quantitative estimate of drug-likeness (QED) is 0.0534. The zero-order chi connectivity index (χ0) is 36.0. The lowest BCUT2D eigenvalue weighted by Gasteiger charge is -2.49. The number of thioether (sulfide) groups is 2. The Morgan fingerprint density at radius 2 is 1.90 bits per heavy atom. The van der Waals surface area contributed by atoms with Crippen LogP contribution in [0.4, 0.5) is 5.13 Å². The molecule has 18 nitrogen and oxygen atoms in total. The zero-order valence-electron chi connectivity index (χ0n) is 27.0. The van der Waals surface area contributed by atoms with Gasteiger partial charge in [-0.2, -0.15) is 9.50 Å². The normalized spacial score (nSPS) is 18.2. The molecule has 2 aliphatic rings. The number of thiazole rings is 1. The highest BCUT2D eigenvalue weighted by molar-refractivity contribution is 8.01. The molecular weight excluding hydrogens is 701 g/mol. The Balaban J connectivity index is 1.34. The molecule has 0 radical (unpaired) electrons. The summed E-state index contributed by atoms with van der Waals surface area (Å²) in [5, 5.41) is 22.2. The molecule has 3 aromatic rings. The maximum Gasteiger partial charge on any atom is 0.353 e. The molecule has 5 heterocycles. The highest BCUT2D eigenvalue weighted by Gasteiger charge is 2.54. The summed E-state index contributed by atoms with van der Waals surface area (Å²) in [5.74, 6) is -4.06. The number of ether oxygens (including phenoxy) is 1. The molecule has 1 fully saturated rings. The fourth-order valence-corrected chi connectivity index (χ4v) is 7.61. The minimum Gasteiger partial charge on any atom is -0.477 e. The second-order valence-electron chi connectivity index (χ2n) is 12.3. The van der Waals surface area contributed by atoms with E-state index in [0.29, 0.717) is 16.3 Å². The molecule has 5 rings (SSSR count). The van der Waals surface area contributed by atoms with E-state index in [9.17, 15) is 29.1 Å². The first-order valence-electron chi connectivity index (χ1n) is 14.4. The van der Waals surface area contributed by atoms with Gasteiger partial charge in [-0.25, -0.2) is 19.6 Å². The van der Waals surface area contributed by atoms with Crippen molar-refractivity contribution in [3.05, 3.63) is 39.9 Å². The van der Waals surface area contributed by atoms with E-state index in [1.165, 1.54) is 47.3 Å². The summed E-state index contributed by atoms with van der Waals surface area (Å²) in [6.45, 7) is 9.63. The van der Waals surface area contributed by atoms with Crippen molar-refractivity contribution >= 4 is 81.1 Å². The van der Waals surface area contributed by atoms with E-state index in [-0.39, 0.29) is 45.3 Å². The summed E-state index contributed by atoms with van der Waals surface area (Å²) in [7, 11) is 0. The third-order valence-corrected chi connectivity index (χ3v) is 9.89. The standard InChI is InChI=1S/C28H32N10O8S3/c1-11-7-14(38-26(31-11)34-19(35-38)18(29)39)47-8-12-9-48-22-16(21(41)37(22)17(12)23(42)43)33-20(40)15(13-10-49-25(30)32-13)36-46-28(5,6)24(44)45-27(2,3)4/h7,10,16,22H,8-9H2,1-6H3,(H2,29,39)(H2,30,32)(H,33,40)(H,42,43)/t16-,22-/m1/s1. The molecule has 6 N–H and O–H groups in total. The predicted molar refractivity (Wildman–Crippen MR) is 179 cm³/mol. The van der Waals surface area contributed by atoms with E-state index in [4.69, 9.17) is 21.0 Å². The molecule has 49 heavy (non-hydrogen) atoms. The molecular formula is C28H32N10O8S3. The molecule has 260 valence electrons. The van der Waals surface area contributed by atoms with Gasteiger partial charge in [-0.3, -0.25) is 19.3 Å². The third-order valence-electron chi connectivity index (χ3n) is 6.79. The number of carboxylic acid groups (broad SMARTS) is 1. The number of aliphatic carboxylic acids is 1. The number of primary amides is 1. The number of esters is 1. The van der Waals surface area contributed by atoms with Crippen LogP contribution in [0.2, 0.25) is 0 Å². The van der Waals surface area contributed by atoms with Gasteiger partial charge in [-0.05, 0) is 53.2 Å². The lowest BCUT2D eigenvalue weighted by Crippen LogP contribution is -2.71. The highest BCUT2D eigenvalue weighted by Crippen LogP contribution is 2.41. The Kier molecular flexibility index (Phi) is 9.63. The van der Waals surface area contributed by atoms with Crippen molar-refractivity contribution in [2.75, 3.05) is 17.2 Å². The van der Waals surface area contributed by atoms with E-state index in [1.54, 1.807) is 33.8 Å². The molecule has 1 saturated heterocycles. The van der Waals surface area contributed by atoms with Gasteiger partial charge >= 0.3 is 11.9 Å². The number of anilines is 1. The Hall–Kier alpha value is -4.76. The van der Waals surface area contributed by atoms with Crippen molar-refractivity contribution in [3.8, 4) is 0 Å². The molecule has 0 bridgehead atoms. The summed E-state index contributed by atoms with van der Waals surface area (Å²) < 4.78 is 6.72. The lowest BCUT2D eigenvalue weighted by atomic mass is 10.0. The molecule has 3 aromatic heterocycles. The molecule has 2 aliphatic heterocycles. The van der Waals surface area contributed by atoms with Crippen LogP contribution in [0, 0.1) is 6.92 Å². The van der Waals surface area contributed by atoms with Gasteiger partial charge in [0.25, 0.3) is 23.5 Å². The topological polar surface area (TPSA) is 260 Å². The Morgan fingerprint density at radius 3 is 2.51 bits per heavy atom. The van der Waals surface area contributed by atoms with Crippen LogP contribution in [0.3, 0.4) is 0 Å². The number of carbonyl (C=O) groups excluding carboxylic acids is 4. The second kappa shape index (κ2) is 13.3. The largest absolute Gasteiger partial charge is 0.477 e. The number of aromatic nitrogens is 5. The first-order chi connectivity index (χ1) is 22.9. The fraction of sp³-hybridized carbons (Fsp3) is 0.429.